The molecule has 0 aliphatic carbocycles. The van der Waals surface area contributed by atoms with E-state index in [4.69, 9.17) is 4.52 Å². The third-order valence-corrected chi connectivity index (χ3v) is 7.22. The van der Waals surface area contributed by atoms with Crippen LogP contribution in [0.3, 0.4) is 0 Å². The minimum absolute atomic E-state index is 0.0556. The van der Waals surface area contributed by atoms with Gasteiger partial charge in [-0.05, 0) is 23.9 Å². The molecular formula is C16H14N4O5S2. The predicted molar refractivity (Wildman–Crippen MR) is 96.9 cm³/mol. The number of sulfonamides is 1. The van der Waals surface area contributed by atoms with Crippen molar-refractivity contribution in [3.63, 3.8) is 0 Å². The van der Waals surface area contributed by atoms with E-state index in [2.05, 4.69) is 10.1 Å². The van der Waals surface area contributed by atoms with Crippen molar-refractivity contribution in [1.29, 1.82) is 0 Å². The molecule has 0 bridgehead atoms. The van der Waals surface area contributed by atoms with E-state index in [1.807, 2.05) is 17.5 Å². The normalized spacial score (nSPS) is 15.6. The van der Waals surface area contributed by atoms with Gasteiger partial charge < -0.3 is 4.52 Å². The van der Waals surface area contributed by atoms with Crippen molar-refractivity contribution in [2.24, 2.45) is 0 Å². The van der Waals surface area contributed by atoms with Gasteiger partial charge in [0, 0.05) is 25.2 Å². The summed E-state index contributed by atoms with van der Waals surface area (Å²) in [4.78, 5) is 15.5. The van der Waals surface area contributed by atoms with Crippen molar-refractivity contribution in [2.75, 3.05) is 13.1 Å². The SMILES string of the molecule is Cc1ccc([N+](=O)[O-])cc1S(=O)(=O)N1CC(c2nc(-c3cccs3)no2)C1. The molecule has 0 unspecified atom stereocenters. The van der Waals surface area contributed by atoms with Gasteiger partial charge in [0.05, 0.1) is 20.6 Å². The lowest BCUT2D eigenvalue weighted by Crippen LogP contribution is -2.48. The van der Waals surface area contributed by atoms with Crippen LogP contribution in [-0.4, -0.2) is 40.9 Å². The summed E-state index contributed by atoms with van der Waals surface area (Å²) in [5.74, 6) is 0.677. The number of thiophene rings is 1. The predicted octanol–water partition coefficient (Wildman–Crippen LogP) is 2.80. The Morgan fingerprint density at radius 2 is 2.11 bits per heavy atom. The highest BCUT2D eigenvalue weighted by Gasteiger charge is 2.41. The van der Waals surface area contributed by atoms with Gasteiger partial charge in [0.2, 0.25) is 21.7 Å². The topological polar surface area (TPSA) is 119 Å². The number of nitrogens with zero attached hydrogens (tertiary/aromatic N) is 4. The van der Waals surface area contributed by atoms with Crippen LogP contribution in [0.15, 0.2) is 45.1 Å². The molecule has 9 nitrogen and oxygen atoms in total. The maximum Gasteiger partial charge on any atom is 0.270 e. The first-order valence-electron chi connectivity index (χ1n) is 7.99. The van der Waals surface area contributed by atoms with E-state index in [1.54, 1.807) is 6.92 Å². The summed E-state index contributed by atoms with van der Waals surface area (Å²) >= 11 is 1.49. The molecule has 140 valence electrons. The number of non-ortho nitro benzene ring substituents is 1. The second-order valence-electron chi connectivity index (χ2n) is 6.16. The molecule has 0 saturated carbocycles. The number of aromatic nitrogens is 2. The minimum Gasteiger partial charge on any atom is -0.339 e. The zero-order chi connectivity index (χ0) is 19.2. The summed E-state index contributed by atoms with van der Waals surface area (Å²) in [5, 5.41) is 16.8. The molecule has 3 heterocycles. The first-order valence-corrected chi connectivity index (χ1v) is 10.3. The molecule has 0 amide bonds. The van der Waals surface area contributed by atoms with Gasteiger partial charge in [0.1, 0.15) is 0 Å². The summed E-state index contributed by atoms with van der Waals surface area (Å²) in [7, 11) is -3.83. The highest BCUT2D eigenvalue weighted by Crippen LogP contribution is 2.34. The molecule has 0 radical (unpaired) electrons. The maximum atomic E-state index is 12.8. The number of hydrogen-bond acceptors (Lipinski definition) is 8. The highest BCUT2D eigenvalue weighted by atomic mass is 32.2. The Balaban J connectivity index is 1.52. The van der Waals surface area contributed by atoms with Gasteiger partial charge in [0.25, 0.3) is 5.69 Å². The maximum absolute atomic E-state index is 12.8. The summed E-state index contributed by atoms with van der Waals surface area (Å²) in [6.07, 6.45) is 0. The van der Waals surface area contributed by atoms with E-state index in [0.29, 0.717) is 17.3 Å². The van der Waals surface area contributed by atoms with Gasteiger partial charge in [-0.15, -0.1) is 11.3 Å². The number of nitro benzene ring substituents is 1. The third-order valence-electron chi connectivity index (χ3n) is 4.38. The van der Waals surface area contributed by atoms with E-state index in [-0.39, 0.29) is 29.6 Å². The van der Waals surface area contributed by atoms with E-state index >= 15 is 0 Å². The van der Waals surface area contributed by atoms with Gasteiger partial charge in [0.15, 0.2) is 0 Å². The molecule has 0 N–H and O–H groups in total. The fraction of sp³-hybridized carbons (Fsp3) is 0.250. The molecule has 1 fully saturated rings. The monoisotopic (exact) mass is 406 g/mol. The van der Waals surface area contributed by atoms with Crippen LogP contribution in [0.5, 0.6) is 0 Å². The van der Waals surface area contributed by atoms with E-state index in [0.717, 1.165) is 10.9 Å². The van der Waals surface area contributed by atoms with Crippen LogP contribution < -0.4 is 0 Å². The largest absolute Gasteiger partial charge is 0.339 e. The Morgan fingerprint density at radius 3 is 2.78 bits per heavy atom. The standard InChI is InChI=1S/C16H14N4O5S2/c1-10-4-5-12(20(21)22)7-14(10)27(23,24)19-8-11(9-19)16-17-15(18-25-16)13-3-2-6-26-13/h2-7,11H,8-9H2,1H3. The zero-order valence-corrected chi connectivity index (χ0v) is 15.7. The molecule has 11 heteroatoms. The molecular weight excluding hydrogens is 392 g/mol. The van der Waals surface area contributed by atoms with Crippen LogP contribution >= 0.6 is 11.3 Å². The Morgan fingerprint density at radius 1 is 1.33 bits per heavy atom. The Bertz CT molecular complexity index is 1100. The molecule has 3 aromatic rings. The number of nitro groups is 1. The number of hydrogen-bond donors (Lipinski definition) is 0. The van der Waals surface area contributed by atoms with Crippen LogP contribution in [0.2, 0.25) is 0 Å². The number of aryl methyl sites for hydroxylation is 1. The van der Waals surface area contributed by atoms with Crippen molar-refractivity contribution >= 4 is 27.0 Å². The van der Waals surface area contributed by atoms with Gasteiger partial charge in [-0.3, -0.25) is 10.1 Å². The van der Waals surface area contributed by atoms with Crippen LogP contribution in [0, 0.1) is 17.0 Å². The fourth-order valence-corrected chi connectivity index (χ4v) is 5.24. The second-order valence-corrected chi connectivity index (χ2v) is 9.01. The van der Waals surface area contributed by atoms with Gasteiger partial charge in [-0.1, -0.05) is 17.3 Å². The van der Waals surface area contributed by atoms with Crippen LogP contribution in [0.4, 0.5) is 5.69 Å². The Hall–Kier alpha value is -2.63. The molecule has 0 spiro atoms. The van der Waals surface area contributed by atoms with Crippen LogP contribution in [-0.2, 0) is 10.0 Å². The van der Waals surface area contributed by atoms with E-state index in [9.17, 15) is 18.5 Å². The van der Waals surface area contributed by atoms with Gasteiger partial charge in [-0.25, -0.2) is 8.42 Å². The quantitative estimate of drug-likeness (QED) is 0.472. The zero-order valence-electron chi connectivity index (χ0n) is 14.1. The first kappa shape index (κ1) is 17.8. The van der Waals surface area contributed by atoms with Crippen molar-refractivity contribution in [2.45, 2.75) is 17.7 Å². The number of benzene rings is 1. The Labute approximate surface area is 158 Å². The first-order chi connectivity index (χ1) is 12.9. The summed E-state index contributed by atoms with van der Waals surface area (Å²) in [6.45, 7) is 1.99. The molecule has 4 rings (SSSR count). The minimum atomic E-state index is -3.83. The van der Waals surface area contributed by atoms with E-state index in [1.165, 1.54) is 27.8 Å². The average molecular weight is 406 g/mol. The van der Waals surface area contributed by atoms with Crippen molar-refractivity contribution in [1.82, 2.24) is 14.4 Å². The summed E-state index contributed by atoms with van der Waals surface area (Å²) in [5.41, 5.74) is 0.204. The van der Waals surface area contributed by atoms with E-state index < -0.39 is 14.9 Å². The molecule has 27 heavy (non-hydrogen) atoms. The smallest absolute Gasteiger partial charge is 0.270 e. The lowest BCUT2D eigenvalue weighted by atomic mass is 10.0. The highest BCUT2D eigenvalue weighted by molar-refractivity contribution is 7.89. The fourth-order valence-electron chi connectivity index (χ4n) is 2.82. The van der Waals surface area contributed by atoms with Gasteiger partial charge >= 0.3 is 0 Å². The second kappa shape index (κ2) is 6.51. The molecule has 1 aromatic carbocycles. The Kier molecular flexibility index (Phi) is 4.29. The lowest BCUT2D eigenvalue weighted by molar-refractivity contribution is -0.385. The van der Waals surface area contributed by atoms with Crippen molar-refractivity contribution in [3.8, 4) is 10.7 Å². The third kappa shape index (κ3) is 3.13. The molecule has 1 aliphatic heterocycles. The van der Waals surface area contributed by atoms with Crippen LogP contribution in [0.1, 0.15) is 17.4 Å². The summed E-state index contributed by atoms with van der Waals surface area (Å²) < 4.78 is 32.2. The lowest BCUT2D eigenvalue weighted by Gasteiger charge is -2.36. The molecule has 0 atom stereocenters. The number of rotatable bonds is 5. The molecule has 1 aliphatic rings. The van der Waals surface area contributed by atoms with Crippen LogP contribution in [0.25, 0.3) is 10.7 Å². The average Bonchev–Trinajstić information content (AvgIpc) is 3.24. The van der Waals surface area contributed by atoms with Gasteiger partial charge in [-0.2, -0.15) is 9.29 Å². The van der Waals surface area contributed by atoms with Crippen molar-refractivity contribution < 1.29 is 17.9 Å². The van der Waals surface area contributed by atoms with Crippen molar-refractivity contribution in [3.05, 3.63) is 57.3 Å². The molecule has 2 aromatic heterocycles. The molecule has 1 saturated heterocycles. The summed E-state index contributed by atoms with van der Waals surface area (Å²) in [6, 6.07) is 7.59.